The number of hydrogen-bond donors (Lipinski definition) is 1. The van der Waals surface area contributed by atoms with Crippen LogP contribution < -0.4 is 5.32 Å². The Morgan fingerprint density at radius 3 is 2.92 bits per heavy atom. The van der Waals surface area contributed by atoms with Crippen LogP contribution in [0.4, 0.5) is 5.13 Å². The quantitative estimate of drug-likeness (QED) is 0.832. The molecule has 2 bridgehead atoms. The molecule has 2 aliphatic carbocycles. The van der Waals surface area contributed by atoms with E-state index in [1.807, 2.05) is 5.38 Å². The summed E-state index contributed by atoms with van der Waals surface area (Å²) in [5.41, 5.74) is 4.55. The first-order valence-electron chi connectivity index (χ1n) is 8.91. The topological polar surface area (TPSA) is 42.0 Å². The molecule has 1 heterocycles. The van der Waals surface area contributed by atoms with E-state index in [-0.39, 0.29) is 5.91 Å². The Kier molecular flexibility index (Phi) is 4.17. The van der Waals surface area contributed by atoms with Crippen LogP contribution in [0.25, 0.3) is 11.3 Å². The monoisotopic (exact) mass is 340 g/mol. The second kappa shape index (κ2) is 6.32. The number of fused-ring (bicyclic) bond motifs is 2. The van der Waals surface area contributed by atoms with Crippen molar-refractivity contribution in [3.05, 3.63) is 34.7 Å². The third kappa shape index (κ3) is 3.12. The molecular weight excluding hydrogens is 316 g/mol. The third-order valence-electron chi connectivity index (χ3n) is 5.75. The molecular formula is C20H24N2OS. The second-order valence-electron chi connectivity index (χ2n) is 7.54. The van der Waals surface area contributed by atoms with E-state index in [4.69, 9.17) is 0 Å². The maximum Gasteiger partial charge on any atom is 0.226 e. The molecule has 0 spiro atoms. The van der Waals surface area contributed by atoms with Crippen molar-refractivity contribution in [1.82, 2.24) is 4.98 Å². The summed E-state index contributed by atoms with van der Waals surface area (Å²) in [5, 5.41) is 5.78. The molecule has 24 heavy (non-hydrogen) atoms. The molecule has 2 aliphatic rings. The lowest BCUT2D eigenvalue weighted by atomic mass is 9.86. The van der Waals surface area contributed by atoms with Crippen LogP contribution in [-0.2, 0) is 4.79 Å². The van der Waals surface area contributed by atoms with Crippen molar-refractivity contribution in [1.29, 1.82) is 0 Å². The molecule has 2 saturated carbocycles. The van der Waals surface area contributed by atoms with Crippen LogP contribution >= 0.6 is 11.3 Å². The highest BCUT2D eigenvalue weighted by Gasteiger charge is 2.40. The van der Waals surface area contributed by atoms with Gasteiger partial charge in [0.05, 0.1) is 5.69 Å². The Labute approximate surface area is 147 Å². The van der Waals surface area contributed by atoms with Crippen LogP contribution in [-0.4, -0.2) is 10.9 Å². The number of aryl methyl sites for hydroxylation is 2. The highest BCUT2D eigenvalue weighted by molar-refractivity contribution is 7.14. The minimum absolute atomic E-state index is 0.134. The number of carbonyl (C=O) groups excluding carboxylic acids is 1. The lowest BCUT2D eigenvalue weighted by Gasteiger charge is -2.20. The van der Waals surface area contributed by atoms with E-state index in [0.29, 0.717) is 12.3 Å². The first-order valence-corrected chi connectivity index (χ1v) is 9.79. The normalized spacial score (nSPS) is 25.2. The van der Waals surface area contributed by atoms with E-state index in [0.717, 1.165) is 28.2 Å². The van der Waals surface area contributed by atoms with Gasteiger partial charge < -0.3 is 5.32 Å². The van der Waals surface area contributed by atoms with Gasteiger partial charge in [-0.05, 0) is 62.5 Å². The summed E-state index contributed by atoms with van der Waals surface area (Å²) in [6.45, 7) is 4.19. The molecule has 1 aromatic carbocycles. The molecule has 0 unspecified atom stereocenters. The van der Waals surface area contributed by atoms with Gasteiger partial charge in [0.15, 0.2) is 5.13 Å². The van der Waals surface area contributed by atoms with E-state index in [2.05, 4.69) is 42.3 Å². The molecule has 2 fully saturated rings. The van der Waals surface area contributed by atoms with Crippen molar-refractivity contribution in [2.75, 3.05) is 5.32 Å². The van der Waals surface area contributed by atoms with Gasteiger partial charge in [0.2, 0.25) is 5.91 Å². The number of amides is 1. The van der Waals surface area contributed by atoms with Gasteiger partial charge in [0, 0.05) is 17.4 Å². The molecule has 1 amide bonds. The van der Waals surface area contributed by atoms with Gasteiger partial charge in [-0.2, -0.15) is 0 Å². The minimum atomic E-state index is 0.134. The van der Waals surface area contributed by atoms with Crippen LogP contribution in [0.1, 0.15) is 43.2 Å². The summed E-state index contributed by atoms with van der Waals surface area (Å²) >= 11 is 1.52. The van der Waals surface area contributed by atoms with Crippen molar-refractivity contribution >= 4 is 22.4 Å². The number of aromatic nitrogens is 1. The zero-order chi connectivity index (χ0) is 16.7. The van der Waals surface area contributed by atoms with Crippen LogP contribution in [0.2, 0.25) is 0 Å². The molecule has 2 aromatic rings. The van der Waals surface area contributed by atoms with E-state index in [1.165, 1.54) is 48.1 Å². The minimum Gasteiger partial charge on any atom is -0.302 e. The largest absolute Gasteiger partial charge is 0.302 e. The van der Waals surface area contributed by atoms with Crippen LogP contribution in [0.3, 0.4) is 0 Å². The fourth-order valence-corrected chi connectivity index (χ4v) is 5.23. The average molecular weight is 340 g/mol. The van der Waals surface area contributed by atoms with E-state index < -0.39 is 0 Å². The number of nitrogens with zero attached hydrogens (tertiary/aromatic N) is 1. The second-order valence-corrected chi connectivity index (χ2v) is 8.40. The highest BCUT2D eigenvalue weighted by atomic mass is 32.1. The number of hydrogen-bond acceptors (Lipinski definition) is 3. The zero-order valence-corrected chi connectivity index (χ0v) is 15.2. The number of rotatable bonds is 4. The Morgan fingerprint density at radius 1 is 1.29 bits per heavy atom. The van der Waals surface area contributed by atoms with Gasteiger partial charge >= 0.3 is 0 Å². The molecule has 4 heteroatoms. The van der Waals surface area contributed by atoms with Gasteiger partial charge in [-0.1, -0.05) is 24.1 Å². The molecule has 1 N–H and O–H groups in total. The smallest absolute Gasteiger partial charge is 0.226 e. The van der Waals surface area contributed by atoms with Crippen molar-refractivity contribution in [2.45, 2.75) is 46.0 Å². The first kappa shape index (κ1) is 15.8. The maximum atomic E-state index is 12.4. The van der Waals surface area contributed by atoms with Gasteiger partial charge in [0.25, 0.3) is 0 Å². The maximum absolute atomic E-state index is 12.4. The lowest BCUT2D eigenvalue weighted by molar-refractivity contribution is -0.117. The predicted molar refractivity (Wildman–Crippen MR) is 99.2 cm³/mol. The summed E-state index contributed by atoms with van der Waals surface area (Å²) in [6, 6.07) is 6.39. The summed E-state index contributed by atoms with van der Waals surface area (Å²) in [5.74, 6) is 2.42. The van der Waals surface area contributed by atoms with Crippen LogP contribution in [0.15, 0.2) is 23.6 Å². The summed E-state index contributed by atoms with van der Waals surface area (Å²) in [4.78, 5) is 17.0. The summed E-state index contributed by atoms with van der Waals surface area (Å²) in [6.07, 6.45) is 5.99. The predicted octanol–water partition coefficient (Wildman–Crippen LogP) is 5.19. The van der Waals surface area contributed by atoms with Crippen LogP contribution in [0, 0.1) is 31.6 Å². The number of nitrogens with one attached hydrogen (secondary N) is 1. The molecule has 4 rings (SSSR count). The molecule has 3 atom stereocenters. The van der Waals surface area contributed by atoms with E-state index in [9.17, 15) is 4.79 Å². The van der Waals surface area contributed by atoms with Crippen LogP contribution in [0.5, 0.6) is 0 Å². The number of anilines is 1. The van der Waals surface area contributed by atoms with Gasteiger partial charge in [0.1, 0.15) is 0 Å². The first-order chi connectivity index (χ1) is 11.6. The zero-order valence-electron chi connectivity index (χ0n) is 14.3. The Morgan fingerprint density at radius 2 is 2.17 bits per heavy atom. The standard InChI is InChI=1S/C20H24N2OS/c1-12-3-4-13(2)17(7-12)18-11-24-20(21-18)22-19(23)10-16-9-14-5-6-15(16)8-14/h3-4,7,11,14-16H,5-6,8-10H2,1-2H3,(H,21,22,23)/t14-,15-,16-/m1/s1. The summed E-state index contributed by atoms with van der Waals surface area (Å²) < 4.78 is 0. The number of benzene rings is 1. The van der Waals surface area contributed by atoms with Gasteiger partial charge in [-0.15, -0.1) is 11.3 Å². The number of carbonyl (C=O) groups is 1. The molecule has 0 radical (unpaired) electrons. The van der Waals surface area contributed by atoms with E-state index >= 15 is 0 Å². The van der Waals surface area contributed by atoms with Crippen molar-refractivity contribution < 1.29 is 4.79 Å². The molecule has 1 aromatic heterocycles. The van der Waals surface area contributed by atoms with E-state index in [1.54, 1.807) is 0 Å². The third-order valence-corrected chi connectivity index (χ3v) is 6.51. The number of thiazole rings is 1. The van der Waals surface area contributed by atoms with Gasteiger partial charge in [-0.25, -0.2) is 4.98 Å². The SMILES string of the molecule is Cc1ccc(C)c(-c2csc(NC(=O)C[C@H]3C[C@@H]4CC[C@@H]3C4)n2)c1. The fraction of sp³-hybridized carbons (Fsp3) is 0.500. The Hall–Kier alpha value is -1.68. The van der Waals surface area contributed by atoms with Crippen molar-refractivity contribution in [2.24, 2.45) is 17.8 Å². The Bertz CT molecular complexity index is 767. The van der Waals surface area contributed by atoms with Crippen molar-refractivity contribution in [3.63, 3.8) is 0 Å². The molecule has 0 aliphatic heterocycles. The van der Waals surface area contributed by atoms with Gasteiger partial charge in [-0.3, -0.25) is 4.79 Å². The summed E-state index contributed by atoms with van der Waals surface area (Å²) in [7, 11) is 0. The lowest BCUT2D eigenvalue weighted by Crippen LogP contribution is -2.20. The molecule has 3 nitrogen and oxygen atoms in total. The molecule has 0 saturated heterocycles. The molecule has 126 valence electrons. The fourth-order valence-electron chi connectivity index (χ4n) is 4.50. The average Bonchev–Trinajstić information content (AvgIpc) is 3.26. The van der Waals surface area contributed by atoms with Crippen molar-refractivity contribution in [3.8, 4) is 11.3 Å². The Balaban J connectivity index is 1.41. The highest BCUT2D eigenvalue weighted by Crippen LogP contribution is 2.49.